The van der Waals surface area contributed by atoms with Crippen LogP contribution in [0, 0.1) is 13.8 Å². The Kier molecular flexibility index (Phi) is 9.74. The molecule has 0 saturated carbocycles. The molecule has 11 nitrogen and oxygen atoms in total. The molecule has 0 unspecified atom stereocenters. The van der Waals surface area contributed by atoms with E-state index in [0.717, 1.165) is 45.9 Å². The number of amides is 1. The molecule has 0 aliphatic rings. The van der Waals surface area contributed by atoms with E-state index >= 15 is 0 Å². The lowest BCUT2D eigenvalue weighted by Crippen LogP contribution is -2.24. The second-order valence-electron chi connectivity index (χ2n) is 12.6. The minimum absolute atomic E-state index is 0.107. The molecule has 7 rings (SSSR count). The highest BCUT2D eigenvalue weighted by Crippen LogP contribution is 2.32. The number of carbonyl (C=O) groups is 1. The second-order valence-corrected chi connectivity index (χ2v) is 12.6. The molecule has 0 bridgehead atoms. The molecule has 0 fully saturated rings. The normalized spacial score (nSPS) is 11.5. The summed E-state index contributed by atoms with van der Waals surface area (Å²) in [6.45, 7) is 4.84. The first-order chi connectivity index (χ1) is 26.0. The number of aryl methyl sites for hydroxylation is 2. The van der Waals surface area contributed by atoms with Crippen molar-refractivity contribution >= 4 is 23.1 Å². The molecular weight excluding hydrogens is 697 g/mol. The zero-order chi connectivity index (χ0) is 38.0. The number of aromatic nitrogens is 6. The molecule has 0 atom stereocenters. The van der Waals surface area contributed by atoms with Gasteiger partial charge < -0.3 is 19.7 Å². The van der Waals surface area contributed by atoms with Crippen molar-refractivity contribution in [3.8, 4) is 28.4 Å². The monoisotopic (exact) mass is 732 g/mol. The van der Waals surface area contributed by atoms with Gasteiger partial charge in [0, 0.05) is 36.1 Å². The minimum Gasteiger partial charge on any atom is -0.497 e. The largest absolute Gasteiger partial charge is 0.497 e. The van der Waals surface area contributed by atoms with Crippen molar-refractivity contribution in [2.45, 2.75) is 33.1 Å². The Bertz CT molecular complexity index is 2390. The zero-order valence-corrected chi connectivity index (χ0v) is 29.8. The van der Waals surface area contributed by atoms with Crippen LogP contribution in [0.5, 0.6) is 11.5 Å². The van der Waals surface area contributed by atoms with Crippen molar-refractivity contribution in [3.05, 3.63) is 143 Å². The molecule has 7 aromatic rings. The molecule has 1 amide bonds. The Morgan fingerprint density at radius 2 is 1.52 bits per heavy atom. The van der Waals surface area contributed by atoms with E-state index in [4.69, 9.17) is 24.5 Å². The van der Waals surface area contributed by atoms with E-state index in [-0.39, 0.29) is 5.56 Å². The van der Waals surface area contributed by atoms with Crippen LogP contribution in [0.3, 0.4) is 0 Å². The molecular formula is C40H35F3N8O3. The van der Waals surface area contributed by atoms with Gasteiger partial charge in [-0.15, -0.1) is 0 Å². The lowest BCUT2D eigenvalue weighted by Gasteiger charge is -2.24. The highest BCUT2D eigenvalue weighted by atomic mass is 19.4. The Morgan fingerprint density at radius 1 is 0.852 bits per heavy atom. The summed E-state index contributed by atoms with van der Waals surface area (Å²) in [5.41, 5.74) is 5.73. The number of halogens is 3. The number of ether oxygens (including phenoxy) is 2. The van der Waals surface area contributed by atoms with E-state index in [0.29, 0.717) is 47.3 Å². The van der Waals surface area contributed by atoms with E-state index in [1.807, 2.05) is 74.6 Å². The molecule has 0 aliphatic carbocycles. The molecule has 3 heterocycles. The van der Waals surface area contributed by atoms with Crippen molar-refractivity contribution in [2.24, 2.45) is 0 Å². The second kappa shape index (κ2) is 14.7. The zero-order valence-electron chi connectivity index (χ0n) is 29.8. The van der Waals surface area contributed by atoms with Gasteiger partial charge in [-0.1, -0.05) is 36.4 Å². The number of hydrogen-bond acceptors (Lipinski definition) is 8. The third-order valence-electron chi connectivity index (χ3n) is 8.99. The summed E-state index contributed by atoms with van der Waals surface area (Å²) in [5, 5.41) is 12.1. The van der Waals surface area contributed by atoms with Crippen molar-refractivity contribution < 1.29 is 27.4 Å². The van der Waals surface area contributed by atoms with Crippen molar-refractivity contribution in [2.75, 3.05) is 24.4 Å². The van der Waals surface area contributed by atoms with Crippen LogP contribution in [-0.4, -0.2) is 49.5 Å². The fraction of sp³-hybridized carbons (Fsp3) is 0.175. The number of nitrogens with zero attached hydrogens (tertiary/aromatic N) is 7. The SMILES string of the molecule is COc1ccc(CN(Cc2ccc(OC)cc2)c2ncnn3c(-c4cn(-c5cc(NC(=O)c6cccc(C(F)(F)F)c6)ccc5C)nc4C)cnc23)cc1. The van der Waals surface area contributed by atoms with Gasteiger partial charge in [-0.25, -0.2) is 19.2 Å². The van der Waals surface area contributed by atoms with Crippen LogP contribution in [-0.2, 0) is 19.3 Å². The molecule has 0 saturated heterocycles. The summed E-state index contributed by atoms with van der Waals surface area (Å²) in [6.07, 6.45) is 0.529. The molecule has 3 aromatic heterocycles. The topological polar surface area (TPSA) is 112 Å². The fourth-order valence-electron chi connectivity index (χ4n) is 6.13. The fourth-order valence-corrected chi connectivity index (χ4v) is 6.13. The van der Waals surface area contributed by atoms with Crippen LogP contribution in [0.15, 0.2) is 110 Å². The first-order valence-electron chi connectivity index (χ1n) is 16.9. The molecule has 0 aliphatic heterocycles. The predicted molar refractivity (Wildman–Crippen MR) is 198 cm³/mol. The van der Waals surface area contributed by atoms with E-state index < -0.39 is 17.6 Å². The average molecular weight is 733 g/mol. The van der Waals surface area contributed by atoms with Gasteiger partial charge in [0.05, 0.1) is 43.1 Å². The summed E-state index contributed by atoms with van der Waals surface area (Å²) >= 11 is 0. The highest BCUT2D eigenvalue weighted by Gasteiger charge is 2.31. The van der Waals surface area contributed by atoms with Gasteiger partial charge in [-0.3, -0.25) is 4.79 Å². The Morgan fingerprint density at radius 3 is 2.15 bits per heavy atom. The quantitative estimate of drug-likeness (QED) is 0.142. The maximum absolute atomic E-state index is 13.3. The maximum atomic E-state index is 13.3. The number of carbonyl (C=O) groups excluding carboxylic acids is 1. The predicted octanol–water partition coefficient (Wildman–Crippen LogP) is 8.09. The van der Waals surface area contributed by atoms with Gasteiger partial charge in [0.25, 0.3) is 5.91 Å². The number of alkyl halides is 3. The summed E-state index contributed by atoms with van der Waals surface area (Å²) in [7, 11) is 3.27. The molecule has 0 spiro atoms. The number of fused-ring (bicyclic) bond motifs is 1. The molecule has 1 N–H and O–H groups in total. The first kappa shape index (κ1) is 35.7. The molecule has 54 heavy (non-hydrogen) atoms. The molecule has 0 radical (unpaired) electrons. The third-order valence-corrected chi connectivity index (χ3v) is 8.99. The summed E-state index contributed by atoms with van der Waals surface area (Å²) in [4.78, 5) is 24.6. The minimum atomic E-state index is -4.56. The van der Waals surface area contributed by atoms with Crippen LogP contribution in [0.2, 0.25) is 0 Å². The third kappa shape index (κ3) is 7.44. The standard InChI is InChI=1S/C40H35F3N8O3/c1-25-8-13-31(47-39(52)29-6-5-7-30(18-29)40(41,42)43)19-35(25)50-23-34(26(2)48-50)36-20-44-38-37(45-24-46-51(36)38)49(21-27-9-14-32(53-3)15-10-27)22-28-11-16-33(54-4)17-12-28/h5-20,23-24H,21-22H2,1-4H3,(H,47,52). The number of benzene rings is 4. The Hall–Kier alpha value is -6.70. The summed E-state index contributed by atoms with van der Waals surface area (Å²) in [6, 6.07) is 25.3. The number of hydrogen-bond donors (Lipinski definition) is 1. The van der Waals surface area contributed by atoms with Crippen LogP contribution in [0.1, 0.15) is 38.3 Å². The first-order valence-corrected chi connectivity index (χ1v) is 16.9. The number of methoxy groups -OCH3 is 2. The van der Waals surface area contributed by atoms with Crippen LogP contribution < -0.4 is 19.7 Å². The van der Waals surface area contributed by atoms with Gasteiger partial charge in [-0.05, 0) is 85.1 Å². The number of rotatable bonds is 11. The van der Waals surface area contributed by atoms with Gasteiger partial charge in [0.15, 0.2) is 11.5 Å². The van der Waals surface area contributed by atoms with Crippen molar-refractivity contribution in [1.29, 1.82) is 0 Å². The van der Waals surface area contributed by atoms with E-state index in [9.17, 15) is 18.0 Å². The molecule has 14 heteroatoms. The average Bonchev–Trinajstić information content (AvgIpc) is 3.78. The van der Waals surface area contributed by atoms with Crippen LogP contribution in [0.4, 0.5) is 24.7 Å². The number of nitrogens with one attached hydrogen (secondary N) is 1. The van der Waals surface area contributed by atoms with Crippen LogP contribution in [0.25, 0.3) is 22.6 Å². The van der Waals surface area contributed by atoms with E-state index in [1.54, 1.807) is 41.7 Å². The Balaban J connectivity index is 1.20. The smallest absolute Gasteiger partial charge is 0.416 e. The Labute approximate surface area is 308 Å². The summed E-state index contributed by atoms with van der Waals surface area (Å²) < 4.78 is 53.9. The van der Waals surface area contributed by atoms with Gasteiger partial charge >= 0.3 is 6.18 Å². The molecule has 4 aromatic carbocycles. The maximum Gasteiger partial charge on any atom is 0.416 e. The van der Waals surface area contributed by atoms with Crippen LogP contribution >= 0.6 is 0 Å². The lowest BCUT2D eigenvalue weighted by molar-refractivity contribution is -0.137. The van der Waals surface area contributed by atoms with Crippen molar-refractivity contribution in [3.63, 3.8) is 0 Å². The highest BCUT2D eigenvalue weighted by molar-refractivity contribution is 6.04. The van der Waals surface area contributed by atoms with Crippen molar-refractivity contribution in [1.82, 2.24) is 29.4 Å². The van der Waals surface area contributed by atoms with Gasteiger partial charge in [0.2, 0.25) is 0 Å². The van der Waals surface area contributed by atoms with Gasteiger partial charge in [0.1, 0.15) is 17.8 Å². The van der Waals surface area contributed by atoms with E-state index in [2.05, 4.69) is 15.3 Å². The van der Waals surface area contributed by atoms with E-state index in [1.165, 1.54) is 18.5 Å². The lowest BCUT2D eigenvalue weighted by atomic mass is 10.1. The van der Waals surface area contributed by atoms with Gasteiger partial charge in [-0.2, -0.15) is 23.4 Å². The summed E-state index contributed by atoms with van der Waals surface area (Å²) in [5.74, 6) is 1.50. The number of anilines is 2. The molecule has 274 valence electrons. The number of imidazole rings is 1.